The summed E-state index contributed by atoms with van der Waals surface area (Å²) in [4.78, 5) is 9.72. The number of unbranched alkanes of at least 4 members (excludes halogenated alkanes) is 4. The van der Waals surface area contributed by atoms with E-state index in [2.05, 4.69) is 32.9 Å². The molecule has 0 aromatic heterocycles. The van der Waals surface area contributed by atoms with Gasteiger partial charge in [0.15, 0.2) is 0 Å². The van der Waals surface area contributed by atoms with Crippen LogP contribution < -0.4 is 10.2 Å². The number of hydrogen-bond acceptors (Lipinski definition) is 4. The zero-order valence-corrected chi connectivity index (χ0v) is 24.3. The molecule has 0 aliphatic carbocycles. The molecule has 0 saturated carbocycles. The first-order valence-electron chi connectivity index (χ1n) is 13.7. The van der Waals surface area contributed by atoms with Crippen molar-refractivity contribution in [2.24, 2.45) is 9.98 Å². The predicted octanol–water partition coefficient (Wildman–Crippen LogP) is 8.39. The molecule has 0 radical (unpaired) electrons. The Bertz CT molecular complexity index is 1110. The van der Waals surface area contributed by atoms with E-state index in [9.17, 15) is 10.2 Å². The molecule has 0 aliphatic heterocycles. The van der Waals surface area contributed by atoms with Gasteiger partial charge in [-0.2, -0.15) is 0 Å². The molecule has 0 heterocycles. The first-order valence-corrected chi connectivity index (χ1v) is 13.7. The Balaban J connectivity index is 0.000000415. The van der Waals surface area contributed by atoms with Gasteiger partial charge in [-0.1, -0.05) is 106 Å². The van der Waals surface area contributed by atoms with Crippen LogP contribution in [0.15, 0.2) is 82.8 Å². The Kier molecular flexibility index (Phi) is 16.7. The number of rotatable bonds is 12. The second-order valence-electron chi connectivity index (χ2n) is 9.26. The number of nitrogens with zero attached hydrogens (tertiary/aromatic N) is 2. The van der Waals surface area contributed by atoms with Crippen LogP contribution in [0.1, 0.15) is 83.3 Å². The second kappa shape index (κ2) is 19.2. The predicted molar refractivity (Wildman–Crippen MR) is 155 cm³/mol. The summed E-state index contributed by atoms with van der Waals surface area (Å²) in [5.41, 5.74) is 5.45. The number of benzene rings is 3. The van der Waals surface area contributed by atoms with Gasteiger partial charge < -0.3 is 10.2 Å². The molecule has 5 heteroatoms. The average molecular weight is 557 g/mol. The molecule has 0 unspecified atom stereocenters. The zero-order valence-electron chi connectivity index (χ0n) is 23.3. The minimum Gasteiger partial charge on any atom is -0.873 e. The third-order valence-corrected chi connectivity index (χ3v) is 6.17. The molecule has 4 nitrogen and oxygen atoms in total. The maximum atomic E-state index is 11.5. The molecule has 0 N–H and O–H groups in total. The van der Waals surface area contributed by atoms with Crippen LogP contribution in [0.2, 0.25) is 0 Å². The molecule has 0 aliphatic rings. The van der Waals surface area contributed by atoms with Gasteiger partial charge in [0.1, 0.15) is 0 Å². The zero-order chi connectivity index (χ0) is 26.9. The third-order valence-electron chi connectivity index (χ3n) is 6.17. The summed E-state index contributed by atoms with van der Waals surface area (Å²) in [6.07, 6.45) is 9.47. The molecule has 3 aromatic carbocycles. The second-order valence-corrected chi connectivity index (χ2v) is 9.26. The molecule has 38 heavy (non-hydrogen) atoms. The summed E-state index contributed by atoms with van der Waals surface area (Å²) >= 11 is 0. The largest absolute Gasteiger partial charge is 2.00 e. The topological polar surface area (TPSA) is 70.8 Å². The Morgan fingerprint density at radius 3 is 1.68 bits per heavy atom. The molecule has 0 fully saturated rings. The summed E-state index contributed by atoms with van der Waals surface area (Å²) in [6.45, 7) is 8.18. The van der Waals surface area contributed by atoms with Crippen LogP contribution in [0.5, 0.6) is 11.5 Å². The van der Waals surface area contributed by atoms with Crippen molar-refractivity contribution >= 4 is 22.8 Å². The van der Waals surface area contributed by atoms with Gasteiger partial charge in [0.2, 0.25) is 0 Å². The maximum absolute atomic E-state index is 11.5. The van der Waals surface area contributed by atoms with E-state index in [-0.39, 0.29) is 28.0 Å². The van der Waals surface area contributed by atoms with Crippen molar-refractivity contribution in [2.45, 2.75) is 85.5 Å². The summed E-state index contributed by atoms with van der Waals surface area (Å²) < 4.78 is 0. The maximum Gasteiger partial charge on any atom is 2.00 e. The third kappa shape index (κ3) is 11.6. The Labute approximate surface area is 239 Å². The van der Waals surface area contributed by atoms with Crippen LogP contribution in [0.25, 0.3) is 0 Å². The smallest absolute Gasteiger partial charge is 0.873 e. The van der Waals surface area contributed by atoms with E-state index in [1.165, 1.54) is 12.8 Å². The molecule has 3 rings (SSSR count). The van der Waals surface area contributed by atoms with Gasteiger partial charge in [0.05, 0.1) is 22.8 Å². The SMILES string of the molecule is CCCCCC(=Nc1ccccc1)C(CC)=Nc1ccccc1.CCCCCc1ccc(C)c([O-])c1[O-].[Ni+2]. The van der Waals surface area contributed by atoms with Crippen molar-refractivity contribution < 1.29 is 26.7 Å². The minimum absolute atomic E-state index is 0. The van der Waals surface area contributed by atoms with Crippen molar-refractivity contribution in [2.75, 3.05) is 0 Å². The van der Waals surface area contributed by atoms with Crippen molar-refractivity contribution in [3.05, 3.63) is 83.9 Å². The van der Waals surface area contributed by atoms with Crippen molar-refractivity contribution in [1.29, 1.82) is 0 Å². The molecule has 206 valence electrons. The number of aliphatic imine (C=N–C) groups is 2. The van der Waals surface area contributed by atoms with Gasteiger partial charge >= 0.3 is 16.5 Å². The Hall–Kier alpha value is -2.91. The number of hydrogen-bond donors (Lipinski definition) is 0. The Morgan fingerprint density at radius 2 is 1.16 bits per heavy atom. The van der Waals surface area contributed by atoms with Crippen LogP contribution in [-0.2, 0) is 22.9 Å². The van der Waals surface area contributed by atoms with Crippen molar-refractivity contribution in [1.82, 2.24) is 0 Å². The summed E-state index contributed by atoms with van der Waals surface area (Å²) in [5, 5.41) is 22.8. The average Bonchev–Trinajstić information content (AvgIpc) is 2.93. The van der Waals surface area contributed by atoms with Crippen LogP contribution in [0.3, 0.4) is 0 Å². The molecule has 0 spiro atoms. The summed E-state index contributed by atoms with van der Waals surface area (Å²) in [6, 6.07) is 23.9. The fraction of sp³-hybridized carbons (Fsp3) is 0.394. The first-order chi connectivity index (χ1) is 18.0. The summed E-state index contributed by atoms with van der Waals surface area (Å²) in [5.74, 6) is -0.639. The van der Waals surface area contributed by atoms with E-state index in [4.69, 9.17) is 9.98 Å². The summed E-state index contributed by atoms with van der Waals surface area (Å²) in [7, 11) is 0. The van der Waals surface area contributed by atoms with E-state index in [0.29, 0.717) is 11.1 Å². The van der Waals surface area contributed by atoms with Gasteiger partial charge in [0.25, 0.3) is 0 Å². The number of aryl methyl sites for hydroxylation is 2. The van der Waals surface area contributed by atoms with Gasteiger partial charge in [-0.05, 0) is 63.3 Å². The van der Waals surface area contributed by atoms with E-state index in [1.54, 1.807) is 19.1 Å². The Morgan fingerprint density at radius 1 is 0.632 bits per heavy atom. The van der Waals surface area contributed by atoms with Crippen LogP contribution in [-0.4, -0.2) is 11.4 Å². The van der Waals surface area contributed by atoms with E-state index in [0.717, 1.165) is 67.7 Å². The van der Waals surface area contributed by atoms with Gasteiger partial charge in [-0.3, -0.25) is 9.98 Å². The molecule has 0 atom stereocenters. The fourth-order valence-electron chi connectivity index (χ4n) is 3.94. The minimum atomic E-state index is -0.334. The molecule has 0 amide bonds. The van der Waals surface area contributed by atoms with Gasteiger partial charge in [-0.15, -0.1) is 11.5 Å². The van der Waals surface area contributed by atoms with E-state index >= 15 is 0 Å². The fourth-order valence-corrected chi connectivity index (χ4v) is 3.94. The molecule has 3 aromatic rings. The van der Waals surface area contributed by atoms with Crippen molar-refractivity contribution in [3.8, 4) is 11.5 Å². The first kappa shape index (κ1) is 33.1. The van der Waals surface area contributed by atoms with Crippen LogP contribution in [0, 0.1) is 6.92 Å². The quantitative estimate of drug-likeness (QED) is 0.128. The van der Waals surface area contributed by atoms with Crippen LogP contribution in [0.4, 0.5) is 11.4 Å². The number of para-hydroxylation sites is 2. The van der Waals surface area contributed by atoms with E-state index < -0.39 is 0 Å². The monoisotopic (exact) mass is 556 g/mol. The molecular formula is C33H42N2NiO2. The molecular weight excluding hydrogens is 515 g/mol. The van der Waals surface area contributed by atoms with Gasteiger partial charge in [-0.25, -0.2) is 0 Å². The normalized spacial score (nSPS) is 11.4. The molecule has 0 saturated heterocycles. The van der Waals surface area contributed by atoms with Crippen LogP contribution >= 0.6 is 0 Å². The van der Waals surface area contributed by atoms with Crippen molar-refractivity contribution in [3.63, 3.8) is 0 Å². The molecule has 0 bridgehead atoms. The standard InChI is InChI=1S/C21H26N2.C12H18O2.Ni/c1-3-5-8-17-21(23-19-15-11-7-12-16-19)20(4-2)22-18-13-9-6-10-14-18;1-3-4-5-6-10-8-7-9(2)11(13)12(10)14;/h6-7,9-16H,3-5,8,17H2,1-2H3;7-8,13-14H,3-6H2,1-2H3;/q;;+2/p-2. The van der Waals surface area contributed by atoms with Gasteiger partial charge in [0, 0.05) is 0 Å². The van der Waals surface area contributed by atoms with E-state index in [1.807, 2.05) is 48.5 Å².